The second kappa shape index (κ2) is 5.45. The van der Waals surface area contributed by atoms with Crippen LogP contribution in [0.3, 0.4) is 0 Å². The molecule has 2 fully saturated rings. The molecule has 0 amide bonds. The Hall–Kier alpha value is -2.14. The number of nitrogens with zero attached hydrogens (tertiary/aromatic N) is 5. The largest absolute Gasteiger partial charge is 0.394 e. The molecule has 4 heterocycles. The molecule has 4 unspecified atom stereocenters. The third kappa shape index (κ3) is 2.44. The molecule has 4 atom stereocenters. The van der Waals surface area contributed by atoms with Crippen molar-refractivity contribution < 1.29 is 19.3 Å². The highest BCUT2D eigenvalue weighted by molar-refractivity contribution is 5.16. The Morgan fingerprint density at radius 2 is 2.12 bits per heavy atom. The molecule has 0 bridgehead atoms. The number of fused-ring (bicyclic) bond motifs is 1. The summed E-state index contributed by atoms with van der Waals surface area (Å²) >= 11 is 0. The molecular formula is C14H17N5O5. The molecule has 2 saturated heterocycles. The number of aromatic nitrogens is 5. The fraction of sp³-hybridized carbons (Fsp3) is 0.571. The lowest BCUT2D eigenvalue weighted by Crippen LogP contribution is -2.35. The molecule has 2 aliphatic heterocycles. The van der Waals surface area contributed by atoms with E-state index < -0.39 is 36.0 Å². The first kappa shape index (κ1) is 15.4. The minimum Gasteiger partial charge on any atom is -0.394 e. The van der Waals surface area contributed by atoms with Crippen LogP contribution >= 0.6 is 0 Å². The summed E-state index contributed by atoms with van der Waals surface area (Å²) in [6, 6.07) is 1.63. The molecule has 0 radical (unpaired) electrons. The molecule has 10 nitrogen and oxygen atoms in total. The molecule has 0 aliphatic carbocycles. The van der Waals surface area contributed by atoms with Gasteiger partial charge in [0, 0.05) is 6.20 Å². The van der Waals surface area contributed by atoms with Crippen LogP contribution in [0.2, 0.25) is 0 Å². The third-order valence-corrected chi connectivity index (χ3v) is 4.05. The maximum atomic E-state index is 12.4. The predicted molar refractivity (Wildman–Crippen MR) is 78.2 cm³/mol. The number of aliphatic hydroxyl groups excluding tert-OH is 1. The van der Waals surface area contributed by atoms with Crippen molar-refractivity contribution in [1.82, 2.24) is 24.3 Å². The first-order chi connectivity index (χ1) is 11.5. The normalized spacial score (nSPS) is 31.3. The number of rotatable bonds is 3. The highest BCUT2D eigenvalue weighted by atomic mass is 16.8. The Kier molecular flexibility index (Phi) is 3.49. The second-order valence-electron chi connectivity index (χ2n) is 6.13. The zero-order valence-corrected chi connectivity index (χ0v) is 13.1. The highest BCUT2D eigenvalue weighted by Crippen LogP contribution is 2.42. The molecule has 0 spiro atoms. The lowest BCUT2D eigenvalue weighted by molar-refractivity contribution is -0.200. The van der Waals surface area contributed by atoms with Gasteiger partial charge in [0.05, 0.1) is 6.61 Å². The van der Waals surface area contributed by atoms with Gasteiger partial charge >= 0.3 is 5.69 Å². The minimum absolute atomic E-state index is 0.226. The summed E-state index contributed by atoms with van der Waals surface area (Å²) in [5.41, 5.74) is -0.515. The van der Waals surface area contributed by atoms with Gasteiger partial charge in [-0.1, -0.05) is 0 Å². The Labute approximate surface area is 136 Å². The molecule has 0 aromatic carbocycles. The first-order valence-electron chi connectivity index (χ1n) is 7.55. The fourth-order valence-corrected chi connectivity index (χ4v) is 3.08. The smallest absolute Gasteiger partial charge is 0.351 e. The van der Waals surface area contributed by atoms with Crippen molar-refractivity contribution in [2.45, 2.75) is 44.2 Å². The molecular weight excluding hydrogens is 318 g/mol. The van der Waals surface area contributed by atoms with E-state index in [0.29, 0.717) is 5.82 Å². The molecule has 0 saturated carbocycles. The number of hydrogen-bond acceptors (Lipinski definition) is 8. The van der Waals surface area contributed by atoms with Crippen LogP contribution in [0.5, 0.6) is 0 Å². The number of aliphatic hydroxyl groups is 1. The van der Waals surface area contributed by atoms with Crippen molar-refractivity contribution in [2.75, 3.05) is 6.61 Å². The van der Waals surface area contributed by atoms with Gasteiger partial charge in [-0.3, -0.25) is 4.57 Å². The molecule has 128 valence electrons. The van der Waals surface area contributed by atoms with Crippen molar-refractivity contribution in [3.63, 3.8) is 0 Å². The highest BCUT2D eigenvalue weighted by Gasteiger charge is 2.55. The minimum atomic E-state index is -0.803. The Balaban J connectivity index is 1.67. The van der Waals surface area contributed by atoms with Crippen LogP contribution in [0, 0.1) is 0 Å². The van der Waals surface area contributed by atoms with Crippen molar-refractivity contribution in [3.05, 3.63) is 35.4 Å². The Morgan fingerprint density at radius 1 is 1.33 bits per heavy atom. The van der Waals surface area contributed by atoms with Crippen LogP contribution in [-0.2, 0) is 14.2 Å². The molecule has 4 rings (SSSR count). The quantitative estimate of drug-likeness (QED) is 0.778. The summed E-state index contributed by atoms with van der Waals surface area (Å²) in [6.45, 7) is 3.34. The van der Waals surface area contributed by atoms with Gasteiger partial charge in [-0.2, -0.15) is 10.1 Å². The van der Waals surface area contributed by atoms with Gasteiger partial charge in [-0.05, 0) is 19.9 Å². The van der Waals surface area contributed by atoms with Crippen LogP contribution in [-0.4, -0.2) is 60.1 Å². The molecule has 2 aliphatic rings. The van der Waals surface area contributed by atoms with E-state index in [1.807, 2.05) is 0 Å². The van der Waals surface area contributed by atoms with Gasteiger partial charge in [0.2, 0.25) is 0 Å². The fourth-order valence-electron chi connectivity index (χ4n) is 3.08. The number of ether oxygens (including phenoxy) is 3. The summed E-state index contributed by atoms with van der Waals surface area (Å²) in [6.07, 6.45) is 2.12. The Bertz CT molecular complexity index is 789. The first-order valence-corrected chi connectivity index (χ1v) is 7.55. The average Bonchev–Trinajstić information content (AvgIpc) is 3.22. The maximum Gasteiger partial charge on any atom is 0.351 e. The monoisotopic (exact) mass is 335 g/mol. The Morgan fingerprint density at radius 3 is 2.79 bits per heavy atom. The predicted octanol–water partition coefficient (Wildman–Crippen LogP) is -0.766. The van der Waals surface area contributed by atoms with Crippen LogP contribution in [0.15, 0.2) is 29.7 Å². The standard InChI is InChI=1S/C14H17N5O5/c1-14(2)23-10-8(5-20)22-12(11(10)24-14)18-4-3-9(17-13(18)21)19-7-15-6-16-19/h3-4,6-8,10-12,20H,5H2,1-2H3. The van der Waals surface area contributed by atoms with Gasteiger partial charge < -0.3 is 19.3 Å². The molecule has 1 N–H and O–H groups in total. The van der Waals surface area contributed by atoms with Gasteiger partial charge in [0.15, 0.2) is 17.8 Å². The van der Waals surface area contributed by atoms with E-state index in [1.54, 1.807) is 26.1 Å². The van der Waals surface area contributed by atoms with E-state index in [9.17, 15) is 9.90 Å². The van der Waals surface area contributed by atoms with E-state index >= 15 is 0 Å². The van der Waals surface area contributed by atoms with Gasteiger partial charge in [-0.15, -0.1) is 0 Å². The van der Waals surface area contributed by atoms with Gasteiger partial charge in [0.1, 0.15) is 31.0 Å². The number of hydrogen-bond donors (Lipinski definition) is 1. The van der Waals surface area contributed by atoms with Crippen molar-refractivity contribution >= 4 is 0 Å². The van der Waals surface area contributed by atoms with Crippen LogP contribution in [0.4, 0.5) is 0 Å². The average molecular weight is 335 g/mol. The van der Waals surface area contributed by atoms with Crippen molar-refractivity contribution in [3.8, 4) is 5.82 Å². The summed E-state index contributed by atoms with van der Waals surface area (Å²) in [5, 5.41) is 13.4. The van der Waals surface area contributed by atoms with E-state index in [2.05, 4.69) is 15.1 Å². The SMILES string of the molecule is CC1(C)OC2C(CO)OC(n3ccc(-n4cncn4)nc3=O)C2O1. The third-order valence-electron chi connectivity index (χ3n) is 4.05. The van der Waals surface area contributed by atoms with Crippen LogP contribution in [0.25, 0.3) is 5.82 Å². The maximum absolute atomic E-state index is 12.4. The van der Waals surface area contributed by atoms with Crippen LogP contribution in [0.1, 0.15) is 20.1 Å². The summed E-state index contributed by atoms with van der Waals surface area (Å²) in [5.74, 6) is -0.450. The lowest BCUT2D eigenvalue weighted by Gasteiger charge is -2.24. The van der Waals surface area contributed by atoms with Crippen molar-refractivity contribution in [2.24, 2.45) is 0 Å². The summed E-state index contributed by atoms with van der Waals surface area (Å²) < 4.78 is 20.1. The van der Waals surface area contributed by atoms with Crippen molar-refractivity contribution in [1.29, 1.82) is 0 Å². The van der Waals surface area contributed by atoms with E-state index in [-0.39, 0.29) is 6.61 Å². The molecule has 24 heavy (non-hydrogen) atoms. The molecule has 2 aromatic rings. The zero-order chi connectivity index (χ0) is 16.9. The molecule has 10 heteroatoms. The van der Waals surface area contributed by atoms with Crippen LogP contribution < -0.4 is 5.69 Å². The van der Waals surface area contributed by atoms with E-state index in [1.165, 1.54) is 21.9 Å². The zero-order valence-electron chi connectivity index (χ0n) is 13.1. The van der Waals surface area contributed by atoms with E-state index in [4.69, 9.17) is 14.2 Å². The summed E-state index contributed by atoms with van der Waals surface area (Å²) in [4.78, 5) is 20.2. The topological polar surface area (TPSA) is 114 Å². The van der Waals surface area contributed by atoms with E-state index in [0.717, 1.165) is 0 Å². The van der Waals surface area contributed by atoms with Gasteiger partial charge in [0.25, 0.3) is 0 Å². The second-order valence-corrected chi connectivity index (χ2v) is 6.13. The molecule has 2 aromatic heterocycles. The summed E-state index contributed by atoms with van der Waals surface area (Å²) in [7, 11) is 0. The van der Waals surface area contributed by atoms with Gasteiger partial charge in [-0.25, -0.2) is 14.5 Å². The lowest BCUT2D eigenvalue weighted by atomic mass is 10.1.